The number of hydrogen-bond acceptors (Lipinski definition) is 6. The molecule has 1 atom stereocenters. The zero-order valence-corrected chi connectivity index (χ0v) is 17.9. The number of furan rings is 1. The van der Waals surface area contributed by atoms with E-state index in [1.165, 1.54) is 19.4 Å². The summed E-state index contributed by atoms with van der Waals surface area (Å²) in [6.07, 6.45) is 3.33. The Morgan fingerprint density at radius 2 is 1.82 bits per heavy atom. The molecule has 168 valence electrons. The number of amides is 1. The first-order valence-corrected chi connectivity index (χ1v) is 10.3. The van der Waals surface area contributed by atoms with E-state index < -0.39 is 24.5 Å². The third kappa shape index (κ3) is 5.12. The van der Waals surface area contributed by atoms with Crippen molar-refractivity contribution in [3.63, 3.8) is 0 Å². The van der Waals surface area contributed by atoms with Gasteiger partial charge in [-0.3, -0.25) is 9.59 Å². The minimum atomic E-state index is -1.02. The molecule has 8 heteroatoms. The molecule has 0 saturated heterocycles. The van der Waals surface area contributed by atoms with E-state index in [2.05, 4.69) is 10.3 Å². The third-order valence-corrected chi connectivity index (χ3v) is 5.19. The predicted octanol–water partition coefficient (Wildman–Crippen LogP) is 3.54. The highest BCUT2D eigenvalue weighted by molar-refractivity contribution is 5.99. The molecule has 4 aromatic rings. The van der Waals surface area contributed by atoms with Crippen LogP contribution in [-0.4, -0.2) is 42.4 Å². The molecule has 33 heavy (non-hydrogen) atoms. The Morgan fingerprint density at radius 3 is 2.55 bits per heavy atom. The number of carbonyl (C=O) groups excluding carboxylic acids is 3. The fourth-order valence-electron chi connectivity index (χ4n) is 3.45. The van der Waals surface area contributed by atoms with Crippen molar-refractivity contribution in [1.82, 2.24) is 10.3 Å². The van der Waals surface area contributed by atoms with E-state index >= 15 is 0 Å². The molecule has 0 saturated carbocycles. The standard InChI is InChI=1S/C25H22N2O6/c1-31-18-10-8-16(9-11-18)22(28)15-33-25(30)21(27-24(29)23-7-4-12-32-23)13-17-14-26-20-6-3-2-5-19(17)20/h2-12,14,21,26H,13,15H2,1H3,(H,27,29)/t21-/m0/s1. The largest absolute Gasteiger partial charge is 0.497 e. The van der Waals surface area contributed by atoms with Crippen molar-refractivity contribution in [2.75, 3.05) is 13.7 Å². The number of aromatic nitrogens is 1. The predicted molar refractivity (Wildman–Crippen MR) is 120 cm³/mol. The molecular formula is C25H22N2O6. The van der Waals surface area contributed by atoms with Crippen molar-refractivity contribution < 1.29 is 28.3 Å². The van der Waals surface area contributed by atoms with Gasteiger partial charge in [0, 0.05) is 29.1 Å². The molecule has 0 aliphatic carbocycles. The third-order valence-electron chi connectivity index (χ3n) is 5.19. The molecular weight excluding hydrogens is 424 g/mol. The van der Waals surface area contributed by atoms with Crippen molar-refractivity contribution in [2.24, 2.45) is 0 Å². The van der Waals surface area contributed by atoms with Gasteiger partial charge in [0.25, 0.3) is 5.91 Å². The second-order valence-electron chi connectivity index (χ2n) is 7.33. The molecule has 2 heterocycles. The fraction of sp³-hybridized carbons (Fsp3) is 0.160. The van der Waals surface area contributed by atoms with Crippen LogP contribution in [0.25, 0.3) is 10.9 Å². The van der Waals surface area contributed by atoms with Crippen molar-refractivity contribution in [3.05, 3.63) is 90.0 Å². The van der Waals surface area contributed by atoms with Crippen LogP contribution in [0.4, 0.5) is 0 Å². The number of Topliss-reactive ketones (excluding diaryl/α,β-unsaturated/α-hetero) is 1. The van der Waals surface area contributed by atoms with E-state index in [0.29, 0.717) is 11.3 Å². The first kappa shape index (κ1) is 21.9. The molecule has 8 nitrogen and oxygen atoms in total. The monoisotopic (exact) mass is 446 g/mol. The van der Waals surface area contributed by atoms with E-state index in [1.807, 2.05) is 24.3 Å². The molecule has 0 bridgehead atoms. The zero-order chi connectivity index (χ0) is 23.2. The molecule has 0 radical (unpaired) electrons. The number of ether oxygens (including phenoxy) is 2. The molecule has 0 unspecified atom stereocenters. The van der Waals surface area contributed by atoms with Gasteiger partial charge in [0.2, 0.25) is 0 Å². The molecule has 0 aliphatic heterocycles. The summed E-state index contributed by atoms with van der Waals surface area (Å²) in [4.78, 5) is 41.0. The molecule has 0 aliphatic rings. The van der Waals surface area contributed by atoms with Crippen molar-refractivity contribution in [1.29, 1.82) is 0 Å². The second kappa shape index (κ2) is 9.86. The molecule has 0 fully saturated rings. The average Bonchev–Trinajstić information content (AvgIpc) is 3.53. The average molecular weight is 446 g/mol. The van der Waals surface area contributed by atoms with Crippen LogP contribution in [0.2, 0.25) is 0 Å². The van der Waals surface area contributed by atoms with Gasteiger partial charge >= 0.3 is 5.97 Å². The van der Waals surface area contributed by atoms with Crippen molar-refractivity contribution in [2.45, 2.75) is 12.5 Å². The van der Waals surface area contributed by atoms with Crippen LogP contribution in [0.15, 0.2) is 77.5 Å². The number of rotatable bonds is 9. The number of aromatic amines is 1. The summed E-state index contributed by atoms with van der Waals surface area (Å²) < 4.78 is 15.5. The number of benzene rings is 2. The van der Waals surface area contributed by atoms with Crippen molar-refractivity contribution in [3.8, 4) is 5.75 Å². The Bertz CT molecular complexity index is 1260. The van der Waals surface area contributed by atoms with Gasteiger partial charge in [-0.2, -0.15) is 0 Å². The summed E-state index contributed by atoms with van der Waals surface area (Å²) in [6, 6.07) is 16.2. The van der Waals surface area contributed by atoms with Gasteiger partial charge < -0.3 is 24.2 Å². The van der Waals surface area contributed by atoms with Gasteiger partial charge in [-0.05, 0) is 48.0 Å². The van der Waals surface area contributed by atoms with Gasteiger partial charge in [0.15, 0.2) is 18.2 Å². The first-order valence-electron chi connectivity index (χ1n) is 10.3. The summed E-state index contributed by atoms with van der Waals surface area (Å²) >= 11 is 0. The second-order valence-corrected chi connectivity index (χ2v) is 7.33. The highest BCUT2D eigenvalue weighted by Crippen LogP contribution is 2.20. The SMILES string of the molecule is COc1ccc(C(=O)COC(=O)[C@H](Cc2c[nH]c3ccccc23)NC(=O)c2ccco2)cc1. The van der Waals surface area contributed by atoms with Crippen LogP contribution in [0, 0.1) is 0 Å². The number of fused-ring (bicyclic) bond motifs is 1. The minimum absolute atomic E-state index is 0.0704. The molecule has 2 aromatic heterocycles. The van der Waals surface area contributed by atoms with E-state index in [1.54, 1.807) is 36.5 Å². The zero-order valence-electron chi connectivity index (χ0n) is 17.9. The summed E-state index contributed by atoms with van der Waals surface area (Å²) in [5.41, 5.74) is 2.12. The lowest BCUT2D eigenvalue weighted by molar-refractivity contribution is -0.144. The molecule has 2 aromatic carbocycles. The number of nitrogens with one attached hydrogen (secondary N) is 2. The van der Waals surface area contributed by atoms with E-state index in [4.69, 9.17) is 13.9 Å². The normalized spacial score (nSPS) is 11.7. The highest BCUT2D eigenvalue weighted by atomic mass is 16.5. The molecule has 2 N–H and O–H groups in total. The van der Waals surface area contributed by atoms with Gasteiger partial charge in [-0.25, -0.2) is 4.79 Å². The number of para-hydroxylation sites is 1. The number of H-pyrrole nitrogens is 1. The summed E-state index contributed by atoms with van der Waals surface area (Å²) in [5, 5.41) is 3.58. The maximum absolute atomic E-state index is 12.9. The minimum Gasteiger partial charge on any atom is -0.497 e. The van der Waals surface area contributed by atoms with Crippen LogP contribution < -0.4 is 10.1 Å². The smallest absolute Gasteiger partial charge is 0.329 e. The van der Waals surface area contributed by atoms with Crippen LogP contribution >= 0.6 is 0 Å². The Labute approximate surface area is 189 Å². The number of ketones is 1. The number of carbonyl (C=O) groups is 3. The van der Waals surface area contributed by atoms with Crippen LogP contribution in [0.1, 0.15) is 26.5 Å². The Morgan fingerprint density at radius 1 is 1.03 bits per heavy atom. The van der Waals surface area contributed by atoms with Gasteiger partial charge in [-0.15, -0.1) is 0 Å². The molecule has 1 amide bonds. The maximum atomic E-state index is 12.9. The summed E-state index contributed by atoms with van der Waals surface area (Å²) in [6.45, 7) is -0.452. The lowest BCUT2D eigenvalue weighted by Gasteiger charge is -2.17. The van der Waals surface area contributed by atoms with E-state index in [-0.39, 0.29) is 18.0 Å². The number of esters is 1. The van der Waals surface area contributed by atoms with Gasteiger partial charge in [-0.1, -0.05) is 18.2 Å². The van der Waals surface area contributed by atoms with Crippen LogP contribution in [0.3, 0.4) is 0 Å². The highest BCUT2D eigenvalue weighted by Gasteiger charge is 2.26. The first-order chi connectivity index (χ1) is 16.0. The lowest BCUT2D eigenvalue weighted by atomic mass is 10.0. The number of hydrogen-bond donors (Lipinski definition) is 2. The topological polar surface area (TPSA) is 111 Å². The Kier molecular flexibility index (Phi) is 6.54. The quantitative estimate of drug-likeness (QED) is 0.301. The van der Waals surface area contributed by atoms with E-state index in [9.17, 15) is 14.4 Å². The summed E-state index contributed by atoms with van der Waals surface area (Å²) in [5.74, 6) is -0.955. The Balaban J connectivity index is 1.48. The van der Waals surface area contributed by atoms with Crippen LogP contribution in [0.5, 0.6) is 5.75 Å². The molecule has 4 rings (SSSR count). The molecule has 0 spiro atoms. The van der Waals surface area contributed by atoms with E-state index in [0.717, 1.165) is 16.5 Å². The lowest BCUT2D eigenvalue weighted by Crippen LogP contribution is -2.43. The van der Waals surface area contributed by atoms with Gasteiger partial charge in [0.05, 0.1) is 13.4 Å². The maximum Gasteiger partial charge on any atom is 0.329 e. The van der Waals surface area contributed by atoms with Crippen molar-refractivity contribution >= 4 is 28.6 Å². The Hall–Kier alpha value is -4.33. The number of methoxy groups -OCH3 is 1. The van der Waals surface area contributed by atoms with Gasteiger partial charge in [0.1, 0.15) is 11.8 Å². The van der Waals surface area contributed by atoms with Crippen LogP contribution in [-0.2, 0) is 16.0 Å². The summed E-state index contributed by atoms with van der Waals surface area (Å²) in [7, 11) is 1.53. The fourth-order valence-corrected chi connectivity index (χ4v) is 3.45.